The summed E-state index contributed by atoms with van der Waals surface area (Å²) in [6, 6.07) is 8.39. The van der Waals surface area contributed by atoms with Crippen LogP contribution in [0.2, 0.25) is 0 Å². The van der Waals surface area contributed by atoms with Crippen LogP contribution in [0.5, 0.6) is 0 Å². The summed E-state index contributed by atoms with van der Waals surface area (Å²) in [6.45, 7) is 11.0. The Hall–Kier alpha value is -0.790. The van der Waals surface area contributed by atoms with Crippen molar-refractivity contribution in [1.82, 2.24) is 0 Å². The maximum absolute atomic E-state index is 6.78. The highest BCUT2D eigenvalue weighted by molar-refractivity contribution is 9.10. The Morgan fingerprint density at radius 3 is 1.95 bits per heavy atom. The van der Waals surface area contributed by atoms with Gasteiger partial charge in [0, 0.05) is 4.47 Å². The average molecular weight is 366 g/mol. The summed E-state index contributed by atoms with van der Waals surface area (Å²) in [5.74, 6) is 0. The lowest BCUT2D eigenvalue weighted by Gasteiger charge is -2.22. The Balaban J connectivity index is 2.42. The second kappa shape index (κ2) is 6.54. The van der Waals surface area contributed by atoms with Gasteiger partial charge in [-0.1, -0.05) is 28.1 Å². The van der Waals surface area contributed by atoms with Crippen LogP contribution in [0.25, 0.3) is 0 Å². The van der Waals surface area contributed by atoms with E-state index in [1.54, 1.807) is 0 Å². The first-order valence-corrected chi connectivity index (χ1v) is 8.51. The van der Waals surface area contributed by atoms with Crippen LogP contribution in [0.3, 0.4) is 0 Å². The van der Waals surface area contributed by atoms with E-state index in [4.69, 9.17) is 11.6 Å². The topological polar surface area (TPSA) is 0 Å². The molecule has 0 saturated carbocycles. The van der Waals surface area contributed by atoms with E-state index < -0.39 is 0 Å². The van der Waals surface area contributed by atoms with Crippen LogP contribution in [0.15, 0.2) is 28.7 Å². The standard InChI is InChI=1S/C19H22BrCl/c1-11-12(2)14(4)19(15(5)13(11)3)18(21)10-16-7-6-8-17(20)9-16/h6-9,18H,10H2,1-5H3. The van der Waals surface area contributed by atoms with Crippen molar-refractivity contribution in [3.63, 3.8) is 0 Å². The second-order valence-corrected chi connectivity index (χ2v) is 7.28. The van der Waals surface area contributed by atoms with E-state index in [0.717, 1.165) is 10.9 Å². The zero-order valence-corrected chi connectivity index (χ0v) is 15.7. The van der Waals surface area contributed by atoms with Gasteiger partial charge < -0.3 is 0 Å². The lowest BCUT2D eigenvalue weighted by atomic mass is 9.87. The largest absolute Gasteiger partial charge is 0.117 e. The van der Waals surface area contributed by atoms with Crippen molar-refractivity contribution < 1.29 is 0 Å². The van der Waals surface area contributed by atoms with Crippen molar-refractivity contribution >= 4 is 27.5 Å². The van der Waals surface area contributed by atoms with Gasteiger partial charge in [-0.15, -0.1) is 11.6 Å². The molecule has 0 bridgehead atoms. The van der Waals surface area contributed by atoms with E-state index in [1.165, 1.54) is 38.9 Å². The Labute approximate surface area is 141 Å². The van der Waals surface area contributed by atoms with Gasteiger partial charge in [-0.25, -0.2) is 0 Å². The summed E-state index contributed by atoms with van der Waals surface area (Å²) in [5, 5.41) is 0.0114. The Morgan fingerprint density at radius 1 is 0.905 bits per heavy atom. The predicted octanol–water partition coefficient (Wildman–Crippen LogP) is 6.51. The minimum atomic E-state index is 0.0114. The van der Waals surface area contributed by atoms with Crippen molar-refractivity contribution in [2.24, 2.45) is 0 Å². The predicted molar refractivity (Wildman–Crippen MR) is 96.6 cm³/mol. The van der Waals surface area contributed by atoms with Crippen molar-refractivity contribution in [2.45, 2.75) is 46.4 Å². The fourth-order valence-corrected chi connectivity index (χ4v) is 3.92. The van der Waals surface area contributed by atoms with Gasteiger partial charge in [0.1, 0.15) is 0 Å². The minimum Gasteiger partial charge on any atom is -0.117 e. The van der Waals surface area contributed by atoms with E-state index in [-0.39, 0.29) is 5.38 Å². The number of benzene rings is 2. The number of alkyl halides is 1. The van der Waals surface area contributed by atoms with Crippen LogP contribution in [-0.2, 0) is 6.42 Å². The molecule has 0 nitrogen and oxygen atoms in total. The molecule has 0 aliphatic heterocycles. The first-order chi connectivity index (χ1) is 9.82. The molecule has 112 valence electrons. The highest BCUT2D eigenvalue weighted by Gasteiger charge is 2.19. The van der Waals surface area contributed by atoms with Gasteiger partial charge in [-0.05, 0) is 92.1 Å². The quantitative estimate of drug-likeness (QED) is 0.543. The van der Waals surface area contributed by atoms with E-state index in [0.29, 0.717) is 0 Å². The first-order valence-electron chi connectivity index (χ1n) is 7.28. The van der Waals surface area contributed by atoms with Crippen molar-refractivity contribution in [3.8, 4) is 0 Å². The lowest BCUT2D eigenvalue weighted by molar-refractivity contribution is 0.888. The van der Waals surface area contributed by atoms with E-state index in [2.05, 4.69) is 68.7 Å². The minimum absolute atomic E-state index is 0.0114. The SMILES string of the molecule is Cc1c(C)c(C)c(C(Cl)Cc2cccc(Br)c2)c(C)c1C. The van der Waals surface area contributed by atoms with Crippen LogP contribution >= 0.6 is 27.5 Å². The van der Waals surface area contributed by atoms with E-state index in [9.17, 15) is 0 Å². The molecule has 0 heterocycles. The van der Waals surface area contributed by atoms with Crippen LogP contribution in [0.4, 0.5) is 0 Å². The Bertz CT molecular complexity index is 645. The normalized spacial score (nSPS) is 12.5. The number of halogens is 2. The van der Waals surface area contributed by atoms with Crippen LogP contribution < -0.4 is 0 Å². The monoisotopic (exact) mass is 364 g/mol. The van der Waals surface area contributed by atoms with E-state index >= 15 is 0 Å². The van der Waals surface area contributed by atoms with Crippen LogP contribution in [-0.4, -0.2) is 0 Å². The van der Waals surface area contributed by atoms with Crippen molar-refractivity contribution in [2.75, 3.05) is 0 Å². The zero-order chi connectivity index (χ0) is 15.7. The summed E-state index contributed by atoms with van der Waals surface area (Å²) in [7, 11) is 0. The molecule has 0 aromatic heterocycles. The molecule has 0 saturated heterocycles. The molecular formula is C19H22BrCl. The molecular weight excluding hydrogens is 344 g/mol. The Kier molecular flexibility index (Phi) is 5.16. The van der Waals surface area contributed by atoms with Gasteiger partial charge in [0.05, 0.1) is 5.38 Å². The number of rotatable bonds is 3. The third kappa shape index (κ3) is 3.35. The Morgan fingerprint density at radius 2 is 1.43 bits per heavy atom. The highest BCUT2D eigenvalue weighted by atomic mass is 79.9. The molecule has 0 radical (unpaired) electrons. The molecule has 21 heavy (non-hydrogen) atoms. The smallest absolute Gasteiger partial charge is 0.0630 e. The maximum Gasteiger partial charge on any atom is 0.0630 e. The van der Waals surface area contributed by atoms with Gasteiger partial charge in [0.25, 0.3) is 0 Å². The van der Waals surface area contributed by atoms with Gasteiger partial charge in [0.2, 0.25) is 0 Å². The maximum atomic E-state index is 6.78. The molecule has 2 heteroatoms. The first kappa shape index (κ1) is 16.6. The van der Waals surface area contributed by atoms with Gasteiger partial charge in [0.15, 0.2) is 0 Å². The van der Waals surface area contributed by atoms with Crippen LogP contribution in [0.1, 0.15) is 44.3 Å². The van der Waals surface area contributed by atoms with Crippen molar-refractivity contribution in [3.05, 3.63) is 67.7 Å². The summed E-state index contributed by atoms with van der Waals surface area (Å²) in [4.78, 5) is 0. The molecule has 2 aromatic rings. The molecule has 0 spiro atoms. The average Bonchev–Trinajstić information content (AvgIpc) is 2.43. The molecule has 1 unspecified atom stereocenters. The molecule has 2 rings (SSSR count). The summed E-state index contributed by atoms with van der Waals surface area (Å²) in [6.07, 6.45) is 0.852. The fraction of sp³-hybridized carbons (Fsp3) is 0.368. The fourth-order valence-electron chi connectivity index (χ4n) is 2.97. The molecule has 2 aromatic carbocycles. The van der Waals surface area contributed by atoms with Gasteiger partial charge in [-0.2, -0.15) is 0 Å². The van der Waals surface area contributed by atoms with Crippen LogP contribution in [0, 0.1) is 34.6 Å². The molecule has 0 amide bonds. The van der Waals surface area contributed by atoms with Gasteiger partial charge in [-0.3, -0.25) is 0 Å². The van der Waals surface area contributed by atoms with E-state index in [1.807, 2.05) is 6.07 Å². The van der Waals surface area contributed by atoms with Crippen molar-refractivity contribution in [1.29, 1.82) is 0 Å². The third-order valence-electron chi connectivity index (χ3n) is 4.68. The summed E-state index contributed by atoms with van der Waals surface area (Å²) >= 11 is 10.3. The second-order valence-electron chi connectivity index (χ2n) is 5.84. The molecule has 0 aliphatic carbocycles. The molecule has 0 N–H and O–H groups in total. The molecule has 0 aliphatic rings. The number of hydrogen-bond donors (Lipinski definition) is 0. The van der Waals surface area contributed by atoms with Gasteiger partial charge >= 0.3 is 0 Å². The molecule has 1 atom stereocenters. The zero-order valence-electron chi connectivity index (χ0n) is 13.3. The molecule has 0 fully saturated rings. The lowest BCUT2D eigenvalue weighted by Crippen LogP contribution is -2.07. The number of hydrogen-bond acceptors (Lipinski definition) is 0. The summed E-state index contributed by atoms with van der Waals surface area (Å²) in [5.41, 5.74) is 9.37. The highest BCUT2D eigenvalue weighted by Crippen LogP contribution is 2.35. The third-order valence-corrected chi connectivity index (χ3v) is 5.54. The summed E-state index contributed by atoms with van der Waals surface area (Å²) < 4.78 is 1.11.